The van der Waals surface area contributed by atoms with Gasteiger partial charge in [0.15, 0.2) is 0 Å². The Hall–Kier alpha value is -3.07. The number of fused-ring (bicyclic) bond motifs is 1. The molecule has 9 heteroatoms. The number of hydrogen-bond donors (Lipinski definition) is 0. The van der Waals surface area contributed by atoms with Crippen LogP contribution < -0.4 is 0 Å². The summed E-state index contributed by atoms with van der Waals surface area (Å²) in [5, 5.41) is 12.6. The Labute approximate surface area is 187 Å². The number of likely N-dealkylation sites (tertiary alicyclic amines) is 1. The Morgan fingerprint density at radius 2 is 1.94 bits per heavy atom. The van der Waals surface area contributed by atoms with Crippen molar-refractivity contribution in [2.24, 2.45) is 0 Å². The standard InChI is InChI=1S/C22H21BrN6O2/c23-17-7-3-2-6-16(17)22-24-21(26-31-22)15-8-9-19-18(14-15)25-27-29(19)13-10-20(30)28-11-4-1-5-12-28/h2-3,6-9,14H,1,4-5,10-13H2. The maximum absolute atomic E-state index is 12.4. The van der Waals surface area contributed by atoms with Crippen molar-refractivity contribution in [3.05, 3.63) is 46.9 Å². The summed E-state index contributed by atoms with van der Waals surface area (Å²) in [7, 11) is 0. The molecule has 31 heavy (non-hydrogen) atoms. The van der Waals surface area contributed by atoms with Crippen molar-refractivity contribution in [3.8, 4) is 22.8 Å². The second-order valence-electron chi connectivity index (χ2n) is 7.61. The molecule has 0 bridgehead atoms. The van der Waals surface area contributed by atoms with Crippen molar-refractivity contribution in [1.29, 1.82) is 0 Å². The van der Waals surface area contributed by atoms with Gasteiger partial charge in [-0.2, -0.15) is 4.98 Å². The summed E-state index contributed by atoms with van der Waals surface area (Å²) in [6, 6.07) is 13.4. The Morgan fingerprint density at radius 3 is 2.77 bits per heavy atom. The van der Waals surface area contributed by atoms with E-state index in [0.29, 0.717) is 24.7 Å². The minimum Gasteiger partial charge on any atom is -0.343 e. The van der Waals surface area contributed by atoms with Gasteiger partial charge in [-0.05, 0) is 65.5 Å². The maximum Gasteiger partial charge on any atom is 0.259 e. The average molecular weight is 481 g/mol. The summed E-state index contributed by atoms with van der Waals surface area (Å²) < 4.78 is 8.12. The fraction of sp³-hybridized carbons (Fsp3) is 0.318. The third-order valence-corrected chi connectivity index (χ3v) is 6.24. The van der Waals surface area contributed by atoms with Gasteiger partial charge in [-0.25, -0.2) is 4.68 Å². The van der Waals surface area contributed by atoms with E-state index in [-0.39, 0.29) is 5.91 Å². The number of hydrogen-bond acceptors (Lipinski definition) is 6. The SMILES string of the molecule is O=C(CCn1nnc2cc(-c3noc(-c4ccccc4Br)n3)ccc21)N1CCCCC1. The molecule has 0 radical (unpaired) electrons. The number of amides is 1. The van der Waals surface area contributed by atoms with Crippen LogP contribution >= 0.6 is 15.9 Å². The predicted octanol–water partition coefficient (Wildman–Crippen LogP) is 4.31. The molecule has 1 amide bonds. The topological polar surface area (TPSA) is 89.9 Å². The lowest BCUT2D eigenvalue weighted by Gasteiger charge is -2.26. The van der Waals surface area contributed by atoms with Crippen LogP contribution in [-0.4, -0.2) is 49.0 Å². The van der Waals surface area contributed by atoms with Crippen LogP contribution in [0.4, 0.5) is 0 Å². The molecule has 2 aromatic heterocycles. The van der Waals surface area contributed by atoms with Crippen LogP contribution in [0.3, 0.4) is 0 Å². The van der Waals surface area contributed by atoms with Gasteiger partial charge in [0, 0.05) is 29.5 Å². The zero-order chi connectivity index (χ0) is 21.2. The average Bonchev–Trinajstić information content (AvgIpc) is 3.45. The van der Waals surface area contributed by atoms with Crippen LogP contribution in [0.1, 0.15) is 25.7 Å². The van der Waals surface area contributed by atoms with Crippen molar-refractivity contribution in [2.75, 3.05) is 13.1 Å². The first-order valence-electron chi connectivity index (χ1n) is 10.4. The number of rotatable bonds is 5. The number of aryl methyl sites for hydroxylation is 1. The molecule has 5 rings (SSSR count). The number of halogens is 1. The van der Waals surface area contributed by atoms with Crippen molar-refractivity contribution < 1.29 is 9.32 Å². The predicted molar refractivity (Wildman–Crippen MR) is 119 cm³/mol. The largest absolute Gasteiger partial charge is 0.343 e. The number of carbonyl (C=O) groups is 1. The molecule has 0 atom stereocenters. The van der Waals surface area contributed by atoms with Crippen LogP contribution in [0.15, 0.2) is 51.5 Å². The highest BCUT2D eigenvalue weighted by atomic mass is 79.9. The van der Waals surface area contributed by atoms with Crippen LogP contribution in [0, 0.1) is 0 Å². The molecule has 0 saturated carbocycles. The van der Waals surface area contributed by atoms with Gasteiger partial charge in [-0.3, -0.25) is 4.79 Å². The lowest BCUT2D eigenvalue weighted by molar-refractivity contribution is -0.132. The van der Waals surface area contributed by atoms with E-state index in [1.165, 1.54) is 6.42 Å². The molecule has 0 N–H and O–H groups in total. The molecule has 1 saturated heterocycles. The zero-order valence-corrected chi connectivity index (χ0v) is 18.5. The third kappa shape index (κ3) is 4.10. The summed E-state index contributed by atoms with van der Waals surface area (Å²) in [5.74, 6) is 1.12. The Kier molecular flexibility index (Phi) is 5.50. The summed E-state index contributed by atoms with van der Waals surface area (Å²) in [4.78, 5) is 18.9. The summed E-state index contributed by atoms with van der Waals surface area (Å²) in [6.45, 7) is 2.25. The molecule has 4 aromatic rings. The van der Waals surface area contributed by atoms with Gasteiger partial charge in [0.1, 0.15) is 5.52 Å². The third-order valence-electron chi connectivity index (χ3n) is 5.55. The fourth-order valence-electron chi connectivity index (χ4n) is 3.86. The second kappa shape index (κ2) is 8.58. The molecule has 3 heterocycles. The van der Waals surface area contributed by atoms with E-state index in [1.54, 1.807) is 4.68 Å². The summed E-state index contributed by atoms with van der Waals surface area (Å²) >= 11 is 3.51. The van der Waals surface area contributed by atoms with Crippen LogP contribution in [0.25, 0.3) is 33.9 Å². The smallest absolute Gasteiger partial charge is 0.259 e. The maximum atomic E-state index is 12.4. The first-order valence-corrected chi connectivity index (χ1v) is 11.2. The van der Waals surface area contributed by atoms with E-state index in [0.717, 1.165) is 52.6 Å². The van der Waals surface area contributed by atoms with E-state index in [2.05, 4.69) is 36.4 Å². The molecule has 8 nitrogen and oxygen atoms in total. The van der Waals surface area contributed by atoms with Crippen molar-refractivity contribution in [3.63, 3.8) is 0 Å². The fourth-order valence-corrected chi connectivity index (χ4v) is 4.32. The number of benzene rings is 2. The van der Waals surface area contributed by atoms with Gasteiger partial charge in [0.05, 0.1) is 17.6 Å². The van der Waals surface area contributed by atoms with E-state index in [9.17, 15) is 4.79 Å². The highest BCUT2D eigenvalue weighted by molar-refractivity contribution is 9.10. The molecule has 0 spiro atoms. The summed E-state index contributed by atoms with van der Waals surface area (Å²) in [6.07, 6.45) is 3.84. The molecule has 0 aliphatic carbocycles. The van der Waals surface area contributed by atoms with E-state index in [4.69, 9.17) is 4.52 Å². The molecule has 158 valence electrons. The van der Waals surface area contributed by atoms with E-state index < -0.39 is 0 Å². The normalized spacial score (nSPS) is 14.3. The molecular formula is C22H21BrN6O2. The molecule has 1 aliphatic rings. The Bertz CT molecular complexity index is 1230. The van der Waals surface area contributed by atoms with Gasteiger partial charge >= 0.3 is 0 Å². The molecule has 2 aromatic carbocycles. The molecule has 1 fully saturated rings. The Morgan fingerprint density at radius 1 is 1.10 bits per heavy atom. The van der Waals surface area contributed by atoms with Crippen LogP contribution in [0.2, 0.25) is 0 Å². The van der Waals surface area contributed by atoms with Gasteiger partial charge in [-0.1, -0.05) is 22.5 Å². The van der Waals surface area contributed by atoms with E-state index in [1.807, 2.05) is 47.4 Å². The number of piperidine rings is 1. The minimum absolute atomic E-state index is 0.186. The quantitative estimate of drug-likeness (QED) is 0.422. The van der Waals surface area contributed by atoms with Gasteiger partial charge < -0.3 is 9.42 Å². The van der Waals surface area contributed by atoms with Crippen molar-refractivity contribution in [1.82, 2.24) is 30.0 Å². The first-order chi connectivity index (χ1) is 15.2. The Balaban J connectivity index is 1.33. The monoisotopic (exact) mass is 480 g/mol. The molecule has 0 unspecified atom stereocenters. The van der Waals surface area contributed by atoms with E-state index >= 15 is 0 Å². The lowest BCUT2D eigenvalue weighted by Crippen LogP contribution is -2.36. The van der Waals surface area contributed by atoms with Crippen molar-refractivity contribution >= 4 is 32.9 Å². The number of nitrogens with zero attached hydrogens (tertiary/aromatic N) is 6. The summed E-state index contributed by atoms with van der Waals surface area (Å²) in [5.41, 5.74) is 3.25. The van der Waals surface area contributed by atoms with Gasteiger partial charge in [0.2, 0.25) is 11.7 Å². The molecular weight excluding hydrogens is 460 g/mol. The second-order valence-corrected chi connectivity index (χ2v) is 8.46. The first kappa shape index (κ1) is 19.9. The highest BCUT2D eigenvalue weighted by Gasteiger charge is 2.18. The molecule has 1 aliphatic heterocycles. The highest BCUT2D eigenvalue weighted by Crippen LogP contribution is 2.29. The van der Waals surface area contributed by atoms with Crippen molar-refractivity contribution in [2.45, 2.75) is 32.2 Å². The van der Waals surface area contributed by atoms with Crippen LogP contribution in [0.5, 0.6) is 0 Å². The number of aromatic nitrogens is 5. The number of carbonyl (C=O) groups excluding carboxylic acids is 1. The van der Waals surface area contributed by atoms with Crippen LogP contribution in [-0.2, 0) is 11.3 Å². The van der Waals surface area contributed by atoms with Gasteiger partial charge in [0.25, 0.3) is 5.89 Å². The lowest BCUT2D eigenvalue weighted by atomic mass is 10.1. The zero-order valence-electron chi connectivity index (χ0n) is 16.9. The van der Waals surface area contributed by atoms with Gasteiger partial charge in [-0.15, -0.1) is 5.10 Å². The minimum atomic E-state index is 0.186.